The van der Waals surface area contributed by atoms with Gasteiger partial charge in [-0.25, -0.2) is 0 Å². The SMILES string of the molecule is CCCN1[C@@H]2CC[C@H]1CC(=CCOC(c1ccccc1)c1ccccc1)C2. The standard InChI is InChI=1S/C25H31NO/c1-2-16-26-23-13-14-24(26)19-20(18-23)15-17-27-25(21-9-5-3-6-10-21)22-11-7-4-8-12-22/h3-12,15,23-25H,2,13-14,16-19H2,1H3/t23-,24+. The Kier molecular flexibility index (Phi) is 6.06. The molecule has 2 nitrogen and oxygen atoms in total. The van der Waals surface area contributed by atoms with Gasteiger partial charge in [-0.15, -0.1) is 0 Å². The van der Waals surface area contributed by atoms with Crippen LogP contribution in [0.1, 0.15) is 56.3 Å². The summed E-state index contributed by atoms with van der Waals surface area (Å²) in [6.45, 7) is 4.26. The molecule has 2 heterocycles. The van der Waals surface area contributed by atoms with Gasteiger partial charge >= 0.3 is 0 Å². The van der Waals surface area contributed by atoms with Gasteiger partial charge in [0.15, 0.2) is 0 Å². The first kappa shape index (κ1) is 18.5. The van der Waals surface area contributed by atoms with E-state index in [1.165, 1.54) is 49.8 Å². The van der Waals surface area contributed by atoms with Crippen LogP contribution in [0.5, 0.6) is 0 Å². The van der Waals surface area contributed by atoms with Crippen LogP contribution in [0.3, 0.4) is 0 Å². The van der Waals surface area contributed by atoms with Gasteiger partial charge in [0.05, 0.1) is 6.61 Å². The Balaban J connectivity index is 1.42. The maximum absolute atomic E-state index is 6.39. The fourth-order valence-electron chi connectivity index (χ4n) is 4.83. The van der Waals surface area contributed by atoms with Crippen LogP contribution in [0.25, 0.3) is 0 Å². The molecule has 2 fully saturated rings. The predicted molar refractivity (Wildman–Crippen MR) is 112 cm³/mol. The van der Waals surface area contributed by atoms with Gasteiger partial charge in [-0.05, 0) is 49.8 Å². The van der Waals surface area contributed by atoms with Gasteiger partial charge in [0, 0.05) is 12.1 Å². The molecule has 0 unspecified atom stereocenters. The molecule has 2 heteroatoms. The summed E-state index contributed by atoms with van der Waals surface area (Å²) < 4.78 is 6.39. The highest BCUT2D eigenvalue weighted by Gasteiger charge is 2.37. The van der Waals surface area contributed by atoms with Gasteiger partial charge in [-0.3, -0.25) is 4.90 Å². The summed E-state index contributed by atoms with van der Waals surface area (Å²) in [4.78, 5) is 2.76. The van der Waals surface area contributed by atoms with Crippen LogP contribution >= 0.6 is 0 Å². The van der Waals surface area contributed by atoms with Crippen molar-refractivity contribution in [3.8, 4) is 0 Å². The quantitative estimate of drug-likeness (QED) is 0.582. The Bertz CT molecular complexity index is 684. The Hall–Kier alpha value is -1.90. The van der Waals surface area contributed by atoms with Crippen molar-refractivity contribution in [2.45, 2.75) is 57.2 Å². The average molecular weight is 362 g/mol. The van der Waals surface area contributed by atoms with E-state index in [1.807, 2.05) is 0 Å². The minimum absolute atomic E-state index is 0.00107. The lowest BCUT2D eigenvalue weighted by molar-refractivity contribution is 0.102. The number of hydrogen-bond donors (Lipinski definition) is 0. The first-order valence-corrected chi connectivity index (χ1v) is 10.5. The molecule has 0 amide bonds. The van der Waals surface area contributed by atoms with Crippen molar-refractivity contribution in [2.75, 3.05) is 13.2 Å². The van der Waals surface area contributed by atoms with Crippen molar-refractivity contribution in [2.24, 2.45) is 0 Å². The topological polar surface area (TPSA) is 12.5 Å². The molecule has 2 aliphatic heterocycles. The highest BCUT2D eigenvalue weighted by atomic mass is 16.5. The lowest BCUT2D eigenvalue weighted by atomic mass is 9.96. The second kappa shape index (κ2) is 8.86. The number of ether oxygens (including phenoxy) is 1. The van der Waals surface area contributed by atoms with Crippen LogP contribution in [0.2, 0.25) is 0 Å². The Labute approximate surface area is 163 Å². The maximum atomic E-state index is 6.39. The Morgan fingerprint density at radius 1 is 0.926 bits per heavy atom. The molecule has 2 aliphatic rings. The minimum atomic E-state index is 0.00107. The van der Waals surface area contributed by atoms with Crippen molar-refractivity contribution in [3.63, 3.8) is 0 Å². The minimum Gasteiger partial charge on any atom is -0.365 e. The van der Waals surface area contributed by atoms with E-state index in [0.717, 1.165) is 12.1 Å². The summed E-state index contributed by atoms with van der Waals surface area (Å²) in [6.07, 6.45) is 8.86. The molecule has 0 aliphatic carbocycles. The van der Waals surface area contributed by atoms with Gasteiger partial charge in [-0.2, -0.15) is 0 Å². The number of rotatable bonds is 7. The molecule has 0 spiro atoms. The van der Waals surface area contributed by atoms with Crippen molar-refractivity contribution in [1.82, 2.24) is 4.90 Å². The molecule has 2 aromatic rings. The molecule has 4 rings (SSSR count). The summed E-state index contributed by atoms with van der Waals surface area (Å²) in [5, 5.41) is 0. The van der Waals surface area contributed by atoms with Crippen molar-refractivity contribution in [3.05, 3.63) is 83.4 Å². The Morgan fingerprint density at radius 2 is 1.48 bits per heavy atom. The van der Waals surface area contributed by atoms with E-state index in [1.54, 1.807) is 5.57 Å². The van der Waals surface area contributed by atoms with Crippen LogP contribution in [0, 0.1) is 0 Å². The molecular formula is C25H31NO. The van der Waals surface area contributed by atoms with E-state index in [2.05, 4.69) is 78.6 Å². The summed E-state index contributed by atoms with van der Waals surface area (Å²) in [5.74, 6) is 0. The Morgan fingerprint density at radius 3 is 2.00 bits per heavy atom. The first-order valence-electron chi connectivity index (χ1n) is 10.5. The summed E-state index contributed by atoms with van der Waals surface area (Å²) >= 11 is 0. The van der Waals surface area contributed by atoms with Crippen molar-refractivity contribution >= 4 is 0 Å². The van der Waals surface area contributed by atoms with E-state index in [4.69, 9.17) is 4.74 Å². The largest absolute Gasteiger partial charge is 0.365 e. The molecule has 2 saturated heterocycles. The van der Waals surface area contributed by atoms with Crippen molar-refractivity contribution in [1.29, 1.82) is 0 Å². The molecule has 0 N–H and O–H groups in total. The number of nitrogens with zero attached hydrogens (tertiary/aromatic N) is 1. The average Bonchev–Trinajstić information content (AvgIpc) is 2.95. The van der Waals surface area contributed by atoms with E-state index in [9.17, 15) is 0 Å². The summed E-state index contributed by atoms with van der Waals surface area (Å²) in [5.41, 5.74) is 4.05. The second-order valence-corrected chi connectivity index (χ2v) is 7.93. The molecule has 0 saturated carbocycles. The normalized spacial score (nSPS) is 24.0. The molecule has 0 aromatic heterocycles. The van der Waals surface area contributed by atoms with Crippen LogP contribution in [-0.2, 0) is 4.74 Å². The summed E-state index contributed by atoms with van der Waals surface area (Å²) in [6, 6.07) is 22.7. The highest BCUT2D eigenvalue weighted by molar-refractivity contribution is 5.30. The number of hydrogen-bond acceptors (Lipinski definition) is 2. The van der Waals surface area contributed by atoms with E-state index in [-0.39, 0.29) is 6.10 Å². The zero-order chi connectivity index (χ0) is 18.5. The summed E-state index contributed by atoms with van der Waals surface area (Å²) in [7, 11) is 0. The van der Waals surface area contributed by atoms with E-state index >= 15 is 0 Å². The third-order valence-corrected chi connectivity index (χ3v) is 6.09. The van der Waals surface area contributed by atoms with Gasteiger partial charge in [-0.1, -0.05) is 79.2 Å². The monoisotopic (exact) mass is 361 g/mol. The van der Waals surface area contributed by atoms with E-state index < -0.39 is 0 Å². The van der Waals surface area contributed by atoms with Gasteiger partial charge in [0.2, 0.25) is 0 Å². The third kappa shape index (κ3) is 4.34. The fraction of sp³-hybridized carbons (Fsp3) is 0.440. The van der Waals surface area contributed by atoms with Gasteiger partial charge in [0.1, 0.15) is 6.10 Å². The van der Waals surface area contributed by atoms with Crippen LogP contribution in [-0.4, -0.2) is 30.1 Å². The fourth-order valence-corrected chi connectivity index (χ4v) is 4.83. The van der Waals surface area contributed by atoms with E-state index in [0.29, 0.717) is 6.61 Å². The molecule has 2 bridgehead atoms. The van der Waals surface area contributed by atoms with Crippen LogP contribution in [0.4, 0.5) is 0 Å². The second-order valence-electron chi connectivity index (χ2n) is 7.93. The number of fused-ring (bicyclic) bond motifs is 2. The molecule has 27 heavy (non-hydrogen) atoms. The predicted octanol–water partition coefficient (Wildman–Crippen LogP) is 5.76. The van der Waals surface area contributed by atoms with Gasteiger partial charge in [0.25, 0.3) is 0 Å². The molecular weight excluding hydrogens is 330 g/mol. The first-order chi connectivity index (χ1) is 13.3. The molecule has 142 valence electrons. The molecule has 2 atom stereocenters. The van der Waals surface area contributed by atoms with Crippen LogP contribution < -0.4 is 0 Å². The zero-order valence-electron chi connectivity index (χ0n) is 16.4. The number of benzene rings is 2. The highest BCUT2D eigenvalue weighted by Crippen LogP contribution is 2.38. The third-order valence-electron chi connectivity index (χ3n) is 6.09. The maximum Gasteiger partial charge on any atom is 0.108 e. The lowest BCUT2D eigenvalue weighted by Crippen LogP contribution is -2.40. The molecule has 2 aromatic carbocycles. The van der Waals surface area contributed by atoms with Crippen LogP contribution in [0.15, 0.2) is 72.3 Å². The smallest absolute Gasteiger partial charge is 0.108 e. The number of piperidine rings is 1. The zero-order valence-corrected chi connectivity index (χ0v) is 16.4. The molecule has 0 radical (unpaired) electrons. The van der Waals surface area contributed by atoms with Crippen molar-refractivity contribution < 1.29 is 4.74 Å². The lowest BCUT2D eigenvalue weighted by Gasteiger charge is -2.36. The van der Waals surface area contributed by atoms with Gasteiger partial charge < -0.3 is 4.74 Å².